The summed E-state index contributed by atoms with van der Waals surface area (Å²) in [4.78, 5) is 16.1. The number of nitrogens with two attached hydrogens (primary N) is 2. The lowest BCUT2D eigenvalue weighted by Crippen LogP contribution is -2.17. The smallest absolute Gasteiger partial charge is 0.248 e. The number of nitrogens with one attached hydrogen (secondary N) is 1. The number of nitrogens with zero attached hydrogens (tertiary/aromatic N) is 2. The lowest BCUT2D eigenvalue weighted by molar-refractivity contribution is 0.0843. The Bertz CT molecular complexity index is 1400. The maximum absolute atomic E-state index is 11.7. The van der Waals surface area contributed by atoms with Crippen LogP contribution in [0.5, 0.6) is 0 Å². The van der Waals surface area contributed by atoms with E-state index in [1.807, 2.05) is 57.3 Å². The van der Waals surface area contributed by atoms with Crippen LogP contribution in [0.1, 0.15) is 59.9 Å². The maximum atomic E-state index is 11.7. The Kier molecular flexibility index (Phi) is 7.50. The monoisotopic (exact) mass is 483 g/mol. The minimum Gasteiger partial charge on any atom is -0.398 e. The second-order valence-electron chi connectivity index (χ2n) is 8.72. The number of hydrogen-bond donors (Lipinski definition) is 3. The van der Waals surface area contributed by atoms with Crippen molar-refractivity contribution in [2.24, 2.45) is 5.73 Å². The van der Waals surface area contributed by atoms with Gasteiger partial charge in [0.15, 0.2) is 0 Å². The van der Waals surface area contributed by atoms with Gasteiger partial charge in [-0.3, -0.25) is 9.78 Å². The van der Waals surface area contributed by atoms with E-state index in [2.05, 4.69) is 15.6 Å². The molecule has 5 N–H and O–H groups in total. The van der Waals surface area contributed by atoms with Gasteiger partial charge in [0, 0.05) is 76.4 Å². The predicted molar refractivity (Wildman–Crippen MR) is 146 cm³/mol. The largest absolute Gasteiger partial charge is 0.398 e. The predicted octanol–water partition coefficient (Wildman–Crippen LogP) is 5.60. The zero-order valence-corrected chi connectivity index (χ0v) is 21.0. The van der Waals surface area contributed by atoms with Crippen molar-refractivity contribution in [2.45, 2.75) is 39.5 Å². The van der Waals surface area contributed by atoms with Crippen molar-refractivity contribution in [3.8, 4) is 16.8 Å². The number of ether oxygens (including phenoxy) is 1. The van der Waals surface area contributed by atoms with Crippen LogP contribution in [0.2, 0.25) is 0 Å². The molecule has 1 fully saturated rings. The average molecular weight is 484 g/mol. The van der Waals surface area contributed by atoms with E-state index in [9.17, 15) is 4.79 Å². The Labute approximate surface area is 211 Å². The number of primary amides is 1. The summed E-state index contributed by atoms with van der Waals surface area (Å²) in [7, 11) is 0. The van der Waals surface area contributed by atoms with Crippen LogP contribution in [0.15, 0.2) is 54.7 Å². The van der Waals surface area contributed by atoms with Crippen LogP contribution in [0.25, 0.3) is 27.7 Å². The van der Waals surface area contributed by atoms with Gasteiger partial charge in [0.25, 0.3) is 0 Å². The zero-order chi connectivity index (χ0) is 25.8. The summed E-state index contributed by atoms with van der Waals surface area (Å²) in [5, 5.41) is 8.90. The molecule has 0 aliphatic carbocycles. The van der Waals surface area contributed by atoms with Crippen LogP contribution in [-0.4, -0.2) is 34.9 Å². The van der Waals surface area contributed by atoms with Gasteiger partial charge in [0.1, 0.15) is 0 Å². The molecule has 1 aliphatic rings. The highest BCUT2D eigenvalue weighted by atomic mass is 16.5. The van der Waals surface area contributed by atoms with Gasteiger partial charge >= 0.3 is 0 Å². The summed E-state index contributed by atoms with van der Waals surface area (Å²) in [5.74, 6) is -0.188. The van der Waals surface area contributed by atoms with Gasteiger partial charge in [-0.15, -0.1) is 0 Å². The fraction of sp³-hybridized carbons (Fsp3) is 0.276. The first kappa shape index (κ1) is 25.1. The number of hydrogen-bond acceptors (Lipinski definition) is 5. The first-order valence-corrected chi connectivity index (χ1v) is 12.4. The van der Waals surface area contributed by atoms with Crippen molar-refractivity contribution >= 4 is 28.7 Å². The van der Waals surface area contributed by atoms with Gasteiger partial charge in [-0.1, -0.05) is 13.8 Å². The summed E-state index contributed by atoms with van der Waals surface area (Å²) in [6.45, 7) is 7.39. The Hall–Kier alpha value is -3.97. The molecule has 2 aromatic heterocycles. The Morgan fingerprint density at radius 2 is 1.81 bits per heavy atom. The molecule has 0 bridgehead atoms. The van der Waals surface area contributed by atoms with E-state index in [1.165, 1.54) is 11.9 Å². The van der Waals surface area contributed by atoms with Crippen LogP contribution < -0.4 is 11.5 Å². The highest BCUT2D eigenvalue weighted by Crippen LogP contribution is 2.44. The quantitative estimate of drug-likeness (QED) is 0.253. The Balaban J connectivity index is 0.00000148. The number of rotatable bonds is 5. The number of aryl methyl sites for hydroxylation is 1. The number of carbonyl (C=O) groups is 1. The van der Waals surface area contributed by atoms with Crippen molar-refractivity contribution in [1.29, 1.82) is 5.41 Å². The van der Waals surface area contributed by atoms with E-state index < -0.39 is 5.91 Å². The van der Waals surface area contributed by atoms with Gasteiger partial charge in [-0.2, -0.15) is 0 Å². The molecule has 1 saturated heterocycles. The minimum absolute atomic E-state index is 0.269. The highest BCUT2D eigenvalue weighted by Gasteiger charge is 2.28. The van der Waals surface area contributed by atoms with Crippen LogP contribution in [0.3, 0.4) is 0 Å². The van der Waals surface area contributed by atoms with Gasteiger partial charge in [0.05, 0.1) is 5.52 Å². The number of anilines is 1. The standard InChI is InChI=1S/C27H27N5O2.C2H6/c1-16-12-19(6-9-31-16)25-22-13-20(15-28)23(29)14-24(22)32(26(25)17-7-10-34-11-8-17)21-4-2-18(3-5-21)27(30)33;1-2/h2-6,9,12-15,17,28H,7-8,10-11,29H2,1H3,(H2,30,33);1-2H3. The number of aromatic nitrogens is 2. The molecule has 0 atom stereocenters. The topological polar surface area (TPSA) is 120 Å². The lowest BCUT2D eigenvalue weighted by Gasteiger charge is -2.26. The lowest BCUT2D eigenvalue weighted by atomic mass is 9.90. The van der Waals surface area contributed by atoms with Crippen molar-refractivity contribution in [2.75, 3.05) is 18.9 Å². The molecular weight excluding hydrogens is 450 g/mol. The fourth-order valence-corrected chi connectivity index (χ4v) is 4.93. The molecule has 186 valence electrons. The van der Waals surface area contributed by atoms with Crippen LogP contribution in [0.4, 0.5) is 5.69 Å². The summed E-state index contributed by atoms with van der Waals surface area (Å²) in [5.41, 5.74) is 19.7. The van der Waals surface area contributed by atoms with E-state index in [4.69, 9.17) is 21.6 Å². The van der Waals surface area contributed by atoms with E-state index in [0.717, 1.165) is 46.3 Å². The molecule has 0 unspecified atom stereocenters. The van der Waals surface area contributed by atoms with Crippen molar-refractivity contribution in [3.05, 3.63) is 77.2 Å². The first-order chi connectivity index (χ1) is 17.5. The number of fused-ring (bicyclic) bond motifs is 1. The van der Waals surface area contributed by atoms with E-state index in [1.54, 1.807) is 12.1 Å². The molecular formula is C29H33N5O2. The van der Waals surface area contributed by atoms with Crippen LogP contribution >= 0.6 is 0 Å². The van der Waals surface area contributed by atoms with Crippen molar-refractivity contribution < 1.29 is 9.53 Å². The molecule has 36 heavy (non-hydrogen) atoms. The maximum Gasteiger partial charge on any atom is 0.248 e. The average Bonchev–Trinajstić information content (AvgIpc) is 3.23. The van der Waals surface area contributed by atoms with Gasteiger partial charge in [-0.05, 0) is 73.9 Å². The van der Waals surface area contributed by atoms with E-state index in [0.29, 0.717) is 30.0 Å². The molecule has 3 heterocycles. The van der Waals surface area contributed by atoms with Crippen molar-refractivity contribution in [1.82, 2.24) is 9.55 Å². The SMILES string of the molecule is CC.Cc1cc(-c2c(C3CCOCC3)n(-c3ccc(C(N)=O)cc3)c3cc(N)c(C=N)cc23)ccn1. The Morgan fingerprint density at radius 3 is 2.42 bits per heavy atom. The molecule has 0 saturated carbocycles. The minimum atomic E-state index is -0.457. The molecule has 5 rings (SSSR count). The Morgan fingerprint density at radius 1 is 1.11 bits per heavy atom. The highest BCUT2D eigenvalue weighted by molar-refractivity contribution is 6.04. The third kappa shape index (κ3) is 4.62. The summed E-state index contributed by atoms with van der Waals surface area (Å²) in [6, 6.07) is 15.4. The summed E-state index contributed by atoms with van der Waals surface area (Å²) < 4.78 is 7.92. The number of nitrogen functional groups attached to an aromatic ring is 1. The molecule has 2 aromatic carbocycles. The van der Waals surface area contributed by atoms with E-state index >= 15 is 0 Å². The van der Waals surface area contributed by atoms with E-state index in [-0.39, 0.29) is 5.92 Å². The van der Waals surface area contributed by atoms with Crippen molar-refractivity contribution in [3.63, 3.8) is 0 Å². The van der Waals surface area contributed by atoms with Gasteiger partial charge in [0.2, 0.25) is 5.91 Å². The number of carbonyl (C=O) groups excluding carboxylic acids is 1. The second-order valence-corrected chi connectivity index (χ2v) is 8.72. The molecule has 4 aromatic rings. The third-order valence-corrected chi connectivity index (χ3v) is 6.57. The molecule has 7 nitrogen and oxygen atoms in total. The number of amides is 1. The summed E-state index contributed by atoms with van der Waals surface area (Å²) >= 11 is 0. The molecule has 0 radical (unpaired) electrons. The molecule has 7 heteroatoms. The van der Waals surface area contributed by atoms with Gasteiger partial charge < -0.3 is 26.2 Å². The first-order valence-electron chi connectivity index (χ1n) is 12.4. The molecule has 1 aliphatic heterocycles. The number of pyridine rings is 1. The second kappa shape index (κ2) is 10.7. The van der Waals surface area contributed by atoms with Crippen LogP contribution in [0, 0.1) is 12.3 Å². The normalized spacial score (nSPS) is 13.8. The van der Waals surface area contributed by atoms with Gasteiger partial charge in [-0.25, -0.2) is 0 Å². The third-order valence-electron chi connectivity index (χ3n) is 6.57. The zero-order valence-electron chi connectivity index (χ0n) is 21.0. The molecule has 0 spiro atoms. The number of benzene rings is 2. The van der Waals surface area contributed by atoms with Crippen LogP contribution in [-0.2, 0) is 4.74 Å². The molecule has 1 amide bonds. The fourth-order valence-electron chi connectivity index (χ4n) is 4.93. The summed E-state index contributed by atoms with van der Waals surface area (Å²) in [6.07, 6.45) is 4.93.